The summed E-state index contributed by atoms with van der Waals surface area (Å²) in [6, 6.07) is 13.2. The second-order valence-corrected chi connectivity index (χ2v) is 10.4. The number of anilines is 3. The molecule has 7 rings (SSSR count). The normalized spacial score (nSPS) is 19.5. The third kappa shape index (κ3) is 3.60. The molecule has 2 N–H and O–H groups in total. The minimum absolute atomic E-state index is 0.145. The van der Waals surface area contributed by atoms with Gasteiger partial charge in [-0.05, 0) is 73.7 Å². The van der Waals surface area contributed by atoms with Crippen LogP contribution in [0.15, 0.2) is 42.5 Å². The second kappa shape index (κ2) is 8.19. The summed E-state index contributed by atoms with van der Waals surface area (Å²) < 4.78 is 5.55. The number of carbonyl (C=O) groups is 3. The van der Waals surface area contributed by atoms with E-state index in [0.29, 0.717) is 31.0 Å². The molecule has 0 atom stereocenters. The molecule has 0 unspecified atom stereocenters. The molecule has 9 heteroatoms. The molecule has 1 spiro atoms. The first kappa shape index (κ1) is 22.1. The molecule has 9 nitrogen and oxygen atoms in total. The van der Waals surface area contributed by atoms with Crippen LogP contribution in [0.3, 0.4) is 0 Å². The van der Waals surface area contributed by atoms with Crippen molar-refractivity contribution in [1.29, 1.82) is 0 Å². The highest BCUT2D eigenvalue weighted by atomic mass is 16.5. The minimum Gasteiger partial charge on any atom is -0.493 e. The number of nitrogens with one attached hydrogen (secondary N) is 2. The first-order chi connectivity index (χ1) is 18.0. The number of piperidine rings is 1. The Morgan fingerprint density at radius 2 is 1.78 bits per heavy atom. The van der Waals surface area contributed by atoms with Crippen LogP contribution in [-0.4, -0.2) is 47.6 Å². The zero-order valence-corrected chi connectivity index (χ0v) is 20.4. The summed E-state index contributed by atoms with van der Waals surface area (Å²) >= 11 is 0. The Hall–Kier alpha value is -4.14. The van der Waals surface area contributed by atoms with E-state index in [2.05, 4.69) is 15.5 Å². The summed E-state index contributed by atoms with van der Waals surface area (Å²) in [6.45, 7) is 1.88. The van der Waals surface area contributed by atoms with Crippen LogP contribution in [-0.2, 0) is 16.6 Å². The van der Waals surface area contributed by atoms with Gasteiger partial charge in [0.2, 0.25) is 5.91 Å². The lowest BCUT2D eigenvalue weighted by atomic mass is 9.88. The number of carbonyl (C=O) groups excluding carboxylic acids is 3. The molecule has 0 bridgehead atoms. The van der Waals surface area contributed by atoms with Crippen LogP contribution in [0.4, 0.5) is 17.1 Å². The molecule has 188 valence electrons. The van der Waals surface area contributed by atoms with Crippen molar-refractivity contribution in [1.82, 2.24) is 10.2 Å². The third-order valence-corrected chi connectivity index (χ3v) is 8.03. The Morgan fingerprint density at radius 3 is 2.54 bits per heavy atom. The van der Waals surface area contributed by atoms with Gasteiger partial charge in [-0.1, -0.05) is 0 Å². The van der Waals surface area contributed by atoms with Gasteiger partial charge in [0.25, 0.3) is 11.8 Å². The standard InChI is InChI=1S/C28H27N5O4/c34-22-3-1-2-13-32(22)19-5-7-20(8-6-19)33-16-28(11-12-28)23-24(30-31-25(23)27(33)36)26(35)29-18-4-9-21-17(15-18)10-14-37-21/h4-9,15H,1-3,10-14,16H2,(H,29,35)(H,30,31). The highest BCUT2D eigenvalue weighted by molar-refractivity contribution is 6.12. The van der Waals surface area contributed by atoms with Gasteiger partial charge in [-0.2, -0.15) is 5.10 Å². The van der Waals surface area contributed by atoms with Crippen LogP contribution in [0.5, 0.6) is 5.75 Å². The lowest BCUT2D eigenvalue weighted by Crippen LogP contribution is -2.44. The SMILES string of the molecule is O=C(Nc1ccc2c(c1)CCO2)c1n[nH]c2c1C1(CC1)CN(c1ccc(N3CCCCC3=O)cc1)C2=O. The predicted molar refractivity (Wildman–Crippen MR) is 137 cm³/mol. The van der Waals surface area contributed by atoms with Gasteiger partial charge in [-0.15, -0.1) is 0 Å². The topological polar surface area (TPSA) is 108 Å². The maximum absolute atomic E-state index is 13.5. The Labute approximate surface area is 213 Å². The molecule has 4 aliphatic rings. The van der Waals surface area contributed by atoms with Gasteiger partial charge >= 0.3 is 0 Å². The summed E-state index contributed by atoms with van der Waals surface area (Å²) in [5, 5.41) is 10.1. The van der Waals surface area contributed by atoms with Crippen molar-refractivity contribution in [2.45, 2.75) is 43.9 Å². The lowest BCUT2D eigenvalue weighted by molar-refractivity contribution is -0.119. The maximum atomic E-state index is 13.5. The van der Waals surface area contributed by atoms with Crippen molar-refractivity contribution in [2.75, 3.05) is 34.8 Å². The van der Waals surface area contributed by atoms with E-state index in [-0.39, 0.29) is 28.8 Å². The summed E-state index contributed by atoms with van der Waals surface area (Å²) in [5.41, 5.74) is 4.51. The lowest BCUT2D eigenvalue weighted by Gasteiger charge is -2.33. The maximum Gasteiger partial charge on any atom is 0.276 e. The Bertz CT molecular complexity index is 1440. The number of H-pyrrole nitrogens is 1. The Morgan fingerprint density at radius 1 is 1.00 bits per heavy atom. The van der Waals surface area contributed by atoms with Crippen molar-refractivity contribution in [3.05, 3.63) is 65.0 Å². The number of amides is 3. The second-order valence-electron chi connectivity index (χ2n) is 10.4. The van der Waals surface area contributed by atoms with E-state index in [1.807, 2.05) is 47.4 Å². The largest absolute Gasteiger partial charge is 0.493 e. The molecular weight excluding hydrogens is 470 g/mol. The fraction of sp³-hybridized carbons (Fsp3) is 0.357. The number of hydrogen-bond donors (Lipinski definition) is 2. The fourth-order valence-electron chi connectivity index (χ4n) is 5.88. The Kier molecular flexibility index (Phi) is 4.89. The van der Waals surface area contributed by atoms with Crippen LogP contribution in [0.25, 0.3) is 0 Å². The van der Waals surface area contributed by atoms with E-state index >= 15 is 0 Å². The van der Waals surface area contributed by atoms with E-state index in [0.717, 1.165) is 66.9 Å². The number of nitrogens with zero attached hydrogens (tertiary/aromatic N) is 3. The van der Waals surface area contributed by atoms with Crippen molar-refractivity contribution in [3.63, 3.8) is 0 Å². The monoisotopic (exact) mass is 497 g/mol. The molecule has 1 aromatic heterocycles. The number of hydrogen-bond acceptors (Lipinski definition) is 5. The van der Waals surface area contributed by atoms with Crippen molar-refractivity contribution >= 4 is 34.8 Å². The molecule has 4 heterocycles. The number of fused-ring (bicyclic) bond motifs is 3. The first-order valence-electron chi connectivity index (χ1n) is 12.9. The molecule has 1 aliphatic carbocycles. The molecule has 3 aliphatic heterocycles. The smallest absolute Gasteiger partial charge is 0.276 e. The molecule has 2 aromatic carbocycles. The van der Waals surface area contributed by atoms with E-state index in [4.69, 9.17) is 4.74 Å². The number of rotatable bonds is 4. The van der Waals surface area contributed by atoms with Gasteiger partial charge in [0.05, 0.1) is 6.61 Å². The molecule has 3 amide bonds. The van der Waals surface area contributed by atoms with Gasteiger partial charge in [0.1, 0.15) is 11.4 Å². The van der Waals surface area contributed by atoms with E-state index in [1.54, 1.807) is 4.90 Å². The van der Waals surface area contributed by atoms with Crippen molar-refractivity contribution < 1.29 is 19.1 Å². The van der Waals surface area contributed by atoms with Gasteiger partial charge in [-0.3, -0.25) is 19.5 Å². The fourth-order valence-corrected chi connectivity index (χ4v) is 5.88. The van der Waals surface area contributed by atoms with E-state index in [1.165, 1.54) is 0 Å². The molecule has 37 heavy (non-hydrogen) atoms. The molecule has 3 aromatic rings. The number of ether oxygens (including phenoxy) is 1. The molecule has 1 saturated heterocycles. The summed E-state index contributed by atoms with van der Waals surface area (Å²) in [4.78, 5) is 42.7. The van der Waals surface area contributed by atoms with E-state index in [9.17, 15) is 14.4 Å². The minimum atomic E-state index is -0.320. The predicted octanol–water partition coefficient (Wildman–Crippen LogP) is 3.81. The quantitative estimate of drug-likeness (QED) is 0.570. The van der Waals surface area contributed by atoms with E-state index < -0.39 is 0 Å². The highest BCUT2D eigenvalue weighted by Crippen LogP contribution is 2.53. The summed E-state index contributed by atoms with van der Waals surface area (Å²) in [6.07, 6.45) is 5.11. The third-order valence-electron chi connectivity index (χ3n) is 8.03. The van der Waals surface area contributed by atoms with Crippen molar-refractivity contribution in [3.8, 4) is 5.75 Å². The van der Waals surface area contributed by atoms with Gasteiger partial charge < -0.3 is 19.9 Å². The average Bonchev–Trinajstić information content (AvgIpc) is 3.30. The van der Waals surface area contributed by atoms with Crippen LogP contribution in [0.1, 0.15) is 64.2 Å². The number of benzene rings is 2. The molecule has 0 radical (unpaired) electrons. The van der Waals surface area contributed by atoms with Crippen LogP contribution in [0.2, 0.25) is 0 Å². The number of aromatic amines is 1. The zero-order valence-electron chi connectivity index (χ0n) is 20.4. The van der Waals surface area contributed by atoms with Crippen molar-refractivity contribution in [2.24, 2.45) is 0 Å². The van der Waals surface area contributed by atoms with Crippen LogP contribution in [0, 0.1) is 0 Å². The average molecular weight is 498 g/mol. The zero-order chi connectivity index (χ0) is 25.1. The molecular formula is C28H27N5O4. The molecule has 1 saturated carbocycles. The summed E-state index contributed by atoms with van der Waals surface area (Å²) in [5.74, 6) is 0.481. The van der Waals surface area contributed by atoms with Crippen LogP contribution >= 0.6 is 0 Å². The van der Waals surface area contributed by atoms with Gasteiger partial charge in [0.15, 0.2) is 5.69 Å². The summed E-state index contributed by atoms with van der Waals surface area (Å²) in [7, 11) is 0. The Balaban J connectivity index is 1.14. The number of aromatic nitrogens is 2. The molecule has 2 fully saturated rings. The van der Waals surface area contributed by atoms with Gasteiger partial charge in [-0.25, -0.2) is 0 Å². The first-order valence-corrected chi connectivity index (χ1v) is 12.9. The van der Waals surface area contributed by atoms with Gasteiger partial charge in [0, 0.05) is 54.0 Å². The van der Waals surface area contributed by atoms with Crippen LogP contribution < -0.4 is 19.9 Å². The highest BCUT2D eigenvalue weighted by Gasteiger charge is 2.55.